The molecule has 2 aromatic rings. The molecule has 0 saturated carbocycles. The molecule has 0 aliphatic carbocycles. The first-order valence-corrected chi connectivity index (χ1v) is 6.27. The summed E-state index contributed by atoms with van der Waals surface area (Å²) in [5.41, 5.74) is 7.78. The molecule has 0 bridgehead atoms. The Labute approximate surface area is 117 Å². The van der Waals surface area contributed by atoms with Crippen LogP contribution in [0, 0.1) is 24.1 Å². The zero-order valence-corrected chi connectivity index (χ0v) is 11.1. The van der Waals surface area contributed by atoms with E-state index in [0.717, 1.165) is 11.1 Å². The van der Waals surface area contributed by atoms with Gasteiger partial charge in [-0.3, -0.25) is 0 Å². The highest BCUT2D eigenvalue weighted by Gasteiger charge is 2.14. The third-order valence-electron chi connectivity index (χ3n) is 3.09. The lowest BCUT2D eigenvalue weighted by Gasteiger charge is -2.19. The van der Waals surface area contributed by atoms with E-state index < -0.39 is 5.82 Å². The van der Waals surface area contributed by atoms with Crippen molar-refractivity contribution in [3.8, 4) is 11.8 Å². The van der Waals surface area contributed by atoms with E-state index >= 15 is 0 Å². The first-order chi connectivity index (χ1) is 9.65. The van der Waals surface area contributed by atoms with Crippen LogP contribution in [0.1, 0.15) is 22.8 Å². The van der Waals surface area contributed by atoms with Crippen LogP contribution >= 0.6 is 0 Å². The Morgan fingerprint density at radius 1 is 1.30 bits per heavy atom. The van der Waals surface area contributed by atoms with Crippen molar-refractivity contribution in [2.75, 3.05) is 6.54 Å². The van der Waals surface area contributed by atoms with Gasteiger partial charge < -0.3 is 10.5 Å². The number of halogens is 1. The van der Waals surface area contributed by atoms with Crippen LogP contribution in [0.4, 0.5) is 4.39 Å². The normalized spacial score (nSPS) is 11.7. The molecule has 0 saturated heterocycles. The standard InChI is InChI=1S/C16H15FN2O/c1-11-4-2-3-5-14(11)16(10-19)20-13-7-6-12(9-18)15(17)8-13/h2-8,16H,10,19H2,1H3. The number of aryl methyl sites for hydroxylation is 1. The Balaban J connectivity index is 2.25. The van der Waals surface area contributed by atoms with Crippen LogP contribution in [0.5, 0.6) is 5.75 Å². The minimum atomic E-state index is -0.592. The zero-order valence-electron chi connectivity index (χ0n) is 11.1. The lowest BCUT2D eigenvalue weighted by atomic mass is 10.0. The molecule has 1 unspecified atom stereocenters. The lowest BCUT2D eigenvalue weighted by molar-refractivity contribution is 0.212. The molecular weight excluding hydrogens is 255 g/mol. The molecule has 0 fully saturated rings. The fraction of sp³-hybridized carbons (Fsp3) is 0.188. The molecule has 0 amide bonds. The van der Waals surface area contributed by atoms with E-state index in [2.05, 4.69) is 0 Å². The van der Waals surface area contributed by atoms with Crippen LogP contribution in [0.25, 0.3) is 0 Å². The molecular formula is C16H15FN2O. The second-order valence-corrected chi connectivity index (χ2v) is 4.45. The zero-order chi connectivity index (χ0) is 14.5. The Kier molecular flexibility index (Phi) is 4.34. The van der Waals surface area contributed by atoms with Gasteiger partial charge in [0.25, 0.3) is 0 Å². The summed E-state index contributed by atoms with van der Waals surface area (Å²) in [6.07, 6.45) is -0.344. The van der Waals surface area contributed by atoms with Gasteiger partial charge in [-0.05, 0) is 30.2 Å². The maximum Gasteiger partial charge on any atom is 0.144 e. The molecule has 2 rings (SSSR count). The summed E-state index contributed by atoms with van der Waals surface area (Å²) >= 11 is 0. The highest BCUT2D eigenvalue weighted by atomic mass is 19.1. The SMILES string of the molecule is Cc1ccccc1C(CN)Oc1ccc(C#N)c(F)c1. The van der Waals surface area contributed by atoms with E-state index in [1.165, 1.54) is 12.1 Å². The van der Waals surface area contributed by atoms with Gasteiger partial charge >= 0.3 is 0 Å². The second-order valence-electron chi connectivity index (χ2n) is 4.45. The molecule has 0 spiro atoms. The lowest BCUT2D eigenvalue weighted by Crippen LogP contribution is -2.19. The Morgan fingerprint density at radius 3 is 2.65 bits per heavy atom. The summed E-state index contributed by atoms with van der Waals surface area (Å²) in [6.45, 7) is 2.26. The molecule has 0 heterocycles. The van der Waals surface area contributed by atoms with Gasteiger partial charge in [-0.25, -0.2) is 4.39 Å². The third-order valence-corrected chi connectivity index (χ3v) is 3.09. The largest absolute Gasteiger partial charge is 0.484 e. The van der Waals surface area contributed by atoms with Crippen molar-refractivity contribution < 1.29 is 9.13 Å². The van der Waals surface area contributed by atoms with Gasteiger partial charge in [0.05, 0.1) is 5.56 Å². The highest BCUT2D eigenvalue weighted by Crippen LogP contribution is 2.25. The second kappa shape index (κ2) is 6.18. The molecule has 0 radical (unpaired) electrons. The minimum absolute atomic E-state index is 0.00228. The molecule has 2 N–H and O–H groups in total. The summed E-state index contributed by atoms with van der Waals surface area (Å²) in [5.74, 6) is -0.231. The van der Waals surface area contributed by atoms with Gasteiger partial charge in [0, 0.05) is 12.6 Å². The van der Waals surface area contributed by atoms with Crippen molar-refractivity contribution in [3.63, 3.8) is 0 Å². The maximum atomic E-state index is 13.6. The molecule has 102 valence electrons. The number of nitriles is 1. The summed E-state index contributed by atoms with van der Waals surface area (Å²) in [4.78, 5) is 0. The average Bonchev–Trinajstić information content (AvgIpc) is 2.46. The first kappa shape index (κ1) is 14.0. The fourth-order valence-electron chi connectivity index (χ4n) is 2.01. The molecule has 0 aromatic heterocycles. The molecule has 0 aliphatic heterocycles. The van der Waals surface area contributed by atoms with Gasteiger partial charge in [-0.1, -0.05) is 24.3 Å². The van der Waals surface area contributed by atoms with Gasteiger partial charge in [-0.15, -0.1) is 0 Å². The van der Waals surface area contributed by atoms with Gasteiger partial charge in [-0.2, -0.15) is 5.26 Å². The summed E-state index contributed by atoms with van der Waals surface area (Å²) in [6, 6.07) is 13.7. The predicted octanol–water partition coefficient (Wildman–Crippen LogP) is 3.08. The molecule has 0 aliphatic rings. The Hall–Kier alpha value is -2.38. The average molecular weight is 270 g/mol. The van der Waals surface area contributed by atoms with Gasteiger partial charge in [0.2, 0.25) is 0 Å². The third kappa shape index (κ3) is 2.95. The molecule has 20 heavy (non-hydrogen) atoms. The van der Waals surface area contributed by atoms with Crippen molar-refractivity contribution in [1.82, 2.24) is 0 Å². The van der Waals surface area contributed by atoms with E-state index in [-0.39, 0.29) is 18.2 Å². The number of nitrogens with two attached hydrogens (primary N) is 1. The monoisotopic (exact) mass is 270 g/mol. The van der Waals surface area contributed by atoms with Crippen LogP contribution in [-0.2, 0) is 0 Å². The molecule has 2 aromatic carbocycles. The van der Waals surface area contributed by atoms with Gasteiger partial charge in [0.1, 0.15) is 23.7 Å². The number of ether oxygens (including phenoxy) is 1. The molecule has 1 atom stereocenters. The van der Waals surface area contributed by atoms with Gasteiger partial charge in [0.15, 0.2) is 0 Å². The topological polar surface area (TPSA) is 59.0 Å². The summed E-state index contributed by atoms with van der Waals surface area (Å²) in [7, 11) is 0. The van der Waals surface area contributed by atoms with Crippen LogP contribution in [0.15, 0.2) is 42.5 Å². The van der Waals surface area contributed by atoms with E-state index in [0.29, 0.717) is 5.75 Å². The van der Waals surface area contributed by atoms with Crippen molar-refractivity contribution in [1.29, 1.82) is 5.26 Å². The minimum Gasteiger partial charge on any atom is -0.484 e. The van der Waals surface area contributed by atoms with Crippen molar-refractivity contribution in [2.45, 2.75) is 13.0 Å². The van der Waals surface area contributed by atoms with E-state index in [9.17, 15) is 4.39 Å². The quantitative estimate of drug-likeness (QED) is 0.928. The van der Waals surface area contributed by atoms with E-state index in [4.69, 9.17) is 15.7 Å². The predicted molar refractivity (Wildman–Crippen MR) is 74.7 cm³/mol. The number of benzene rings is 2. The van der Waals surface area contributed by atoms with Crippen LogP contribution in [-0.4, -0.2) is 6.54 Å². The first-order valence-electron chi connectivity index (χ1n) is 6.27. The van der Waals surface area contributed by atoms with E-state index in [1.54, 1.807) is 12.1 Å². The fourth-order valence-corrected chi connectivity index (χ4v) is 2.01. The van der Waals surface area contributed by atoms with Crippen molar-refractivity contribution in [3.05, 3.63) is 65.0 Å². The highest BCUT2D eigenvalue weighted by molar-refractivity contribution is 5.37. The van der Waals surface area contributed by atoms with E-state index in [1.807, 2.05) is 31.2 Å². The number of nitrogens with zero attached hydrogens (tertiary/aromatic N) is 1. The number of hydrogen-bond donors (Lipinski definition) is 1. The molecule has 3 nitrogen and oxygen atoms in total. The smallest absolute Gasteiger partial charge is 0.144 e. The van der Waals surface area contributed by atoms with Crippen LogP contribution in [0.2, 0.25) is 0 Å². The van der Waals surface area contributed by atoms with Crippen molar-refractivity contribution in [2.24, 2.45) is 5.73 Å². The Bertz CT molecular complexity index is 649. The maximum absolute atomic E-state index is 13.6. The van der Waals surface area contributed by atoms with Crippen LogP contribution < -0.4 is 10.5 Å². The van der Waals surface area contributed by atoms with Crippen molar-refractivity contribution >= 4 is 0 Å². The number of rotatable bonds is 4. The van der Waals surface area contributed by atoms with Crippen LogP contribution in [0.3, 0.4) is 0 Å². The molecule has 4 heteroatoms. The Morgan fingerprint density at radius 2 is 2.05 bits per heavy atom. The summed E-state index contributed by atoms with van der Waals surface area (Å²) in [5, 5.41) is 8.70. The number of hydrogen-bond acceptors (Lipinski definition) is 3. The summed E-state index contributed by atoms with van der Waals surface area (Å²) < 4.78 is 19.3.